The van der Waals surface area contributed by atoms with E-state index in [2.05, 4.69) is 31.2 Å². The molecular weight excluding hydrogens is 1130 g/mol. The molecule has 2 saturated carbocycles. The second kappa shape index (κ2) is 29.0. The third-order valence-electron chi connectivity index (χ3n) is 17.6. The fourth-order valence-electron chi connectivity index (χ4n) is 12.4. The van der Waals surface area contributed by atoms with Crippen molar-refractivity contribution in [1.82, 2.24) is 45.4 Å². The molecule has 0 unspecified atom stereocenters. The zero-order chi connectivity index (χ0) is 60.2. The Hall–Kier alpha value is -6.54. The van der Waals surface area contributed by atoms with Crippen molar-refractivity contribution >= 4 is 46.4 Å². The number of carbonyl (C=O) groups is 5. The number of aromatic nitrogens is 5. The Bertz CT molecular complexity index is 3100. The molecule has 4 fully saturated rings. The summed E-state index contributed by atoms with van der Waals surface area (Å²) in [4.78, 5) is 75.7. The molecular formula is C62H80F2N10O11S. The van der Waals surface area contributed by atoms with Gasteiger partial charge in [0.2, 0.25) is 23.5 Å². The van der Waals surface area contributed by atoms with E-state index in [1.165, 1.54) is 11.3 Å². The summed E-state index contributed by atoms with van der Waals surface area (Å²) < 4.78 is 64.9. The third kappa shape index (κ3) is 14.7. The van der Waals surface area contributed by atoms with E-state index in [1.54, 1.807) is 67.6 Å². The normalized spacial score (nSPS) is 21.0. The SMILES string of the molecule is CN[C@@H](C)C(=O)N[C@H](C(=O)N1CCC[C@@H]1c1nc(C(=O)c2cccc(OCCOCCOCCOCCOCCOCCC(=O)N3CC([C@@H](c4ccccc4)n4cc(NC(=O)c5n[nH]c6c5C[C@@H]5C(F)(F)[C@]5(C)C6)cn4)C3)c2)cs1)C1CCCCC1. The molecule has 24 heteroatoms. The Labute approximate surface area is 503 Å². The number of likely N-dealkylation sites (tertiary alicyclic amines) is 2. The lowest BCUT2D eigenvalue weighted by molar-refractivity contribution is -0.140. The number of alkyl halides is 2. The van der Waals surface area contributed by atoms with Crippen LogP contribution >= 0.6 is 11.3 Å². The van der Waals surface area contributed by atoms with Crippen LogP contribution < -0.4 is 20.7 Å². The van der Waals surface area contributed by atoms with Crippen LogP contribution in [0.25, 0.3) is 0 Å². The van der Waals surface area contributed by atoms with Gasteiger partial charge in [-0.05, 0) is 69.7 Å². The van der Waals surface area contributed by atoms with Crippen molar-refractivity contribution in [2.75, 3.05) is 105 Å². The first kappa shape index (κ1) is 62.5. The standard InChI is InChI=1S/C62H80F2N10O11S/c1-40(65-3)57(77)69-53(41-12-6-4-7-13-41)60(79)73-20-11-18-50(73)59-68-49(39-86-59)56(76)43-16-10-17-46(32-43)85-31-30-84-29-28-83-27-26-82-25-24-81-23-22-80-21-19-52(75)72-36-44(37-72)55(42-14-8-5-9-15-42)74-38-45(35-66-74)67-58(78)54-47-33-51-61(2,62(51,63)64)34-48(47)70-71-54/h5,8-10,14-17,32,35,38-41,44,50-51,53,55,65H,4,6-7,11-13,18-31,33-34,36-37H2,1-3H3,(H,67,78)(H,69,77)(H,70,71)/t40-,50+,51-,53-,55+,61+/m0/s1. The van der Waals surface area contributed by atoms with E-state index in [-0.39, 0.29) is 85.6 Å². The van der Waals surface area contributed by atoms with Crippen LogP contribution in [-0.2, 0) is 50.9 Å². The maximum absolute atomic E-state index is 14.5. The predicted octanol–water partition coefficient (Wildman–Crippen LogP) is 6.85. The Morgan fingerprint density at radius 3 is 2.21 bits per heavy atom. The number of benzene rings is 2. The number of hydrogen-bond donors (Lipinski definition) is 4. The second-order valence-electron chi connectivity index (χ2n) is 23.3. The van der Waals surface area contributed by atoms with Gasteiger partial charge < -0.3 is 54.2 Å². The fraction of sp³-hybridized carbons (Fsp3) is 0.581. The molecule has 2 aromatic carbocycles. The minimum Gasteiger partial charge on any atom is -0.491 e. The number of rotatable bonds is 32. The van der Waals surface area contributed by atoms with E-state index in [0.29, 0.717) is 113 Å². The number of anilines is 1. The highest BCUT2D eigenvalue weighted by Crippen LogP contribution is 2.70. The molecule has 5 aliphatic rings. The van der Waals surface area contributed by atoms with Crippen molar-refractivity contribution in [3.8, 4) is 5.75 Å². The van der Waals surface area contributed by atoms with Crippen LogP contribution in [0.5, 0.6) is 5.75 Å². The molecule has 21 nitrogen and oxygen atoms in total. The number of nitrogens with zero attached hydrogens (tertiary/aromatic N) is 6. The second-order valence-corrected chi connectivity index (χ2v) is 24.1. The Balaban J connectivity index is 0.543. The van der Waals surface area contributed by atoms with Gasteiger partial charge >= 0.3 is 0 Å². The molecule has 5 aromatic rings. The van der Waals surface area contributed by atoms with Crippen LogP contribution in [-0.4, -0.2) is 182 Å². The summed E-state index contributed by atoms with van der Waals surface area (Å²) in [5.41, 5.74) is 2.39. The number of aromatic amines is 1. The zero-order valence-electron chi connectivity index (χ0n) is 49.3. The largest absolute Gasteiger partial charge is 0.491 e. The topological polar surface area (TPSA) is 243 Å². The number of nitrogens with one attached hydrogen (secondary N) is 4. The van der Waals surface area contributed by atoms with Crippen molar-refractivity contribution in [2.45, 2.75) is 108 Å². The average molecular weight is 1210 g/mol. The smallest absolute Gasteiger partial charge is 0.276 e. The summed E-state index contributed by atoms with van der Waals surface area (Å²) in [6.07, 6.45) is 10.4. The first-order valence-electron chi connectivity index (χ1n) is 30.3. The molecule has 86 heavy (non-hydrogen) atoms. The predicted molar refractivity (Wildman–Crippen MR) is 314 cm³/mol. The highest BCUT2D eigenvalue weighted by Gasteiger charge is 2.78. The van der Waals surface area contributed by atoms with Crippen molar-refractivity contribution in [3.63, 3.8) is 0 Å². The lowest BCUT2D eigenvalue weighted by Gasteiger charge is -2.43. The molecule has 4 N–H and O–H groups in total. The molecule has 10 rings (SSSR count). The van der Waals surface area contributed by atoms with Crippen molar-refractivity contribution < 1.29 is 61.2 Å². The number of thiazole rings is 1. The first-order chi connectivity index (χ1) is 41.7. The number of amides is 4. The lowest BCUT2D eigenvalue weighted by atomic mass is 9.83. The van der Waals surface area contributed by atoms with Gasteiger partial charge in [0.1, 0.15) is 29.1 Å². The van der Waals surface area contributed by atoms with Gasteiger partial charge in [-0.2, -0.15) is 10.2 Å². The van der Waals surface area contributed by atoms with Gasteiger partial charge in [0.05, 0.1) is 102 Å². The lowest BCUT2D eigenvalue weighted by Crippen LogP contribution is -2.55. The van der Waals surface area contributed by atoms with E-state index < -0.39 is 35.2 Å². The number of likely N-dealkylation sites (N-methyl/N-ethyl adjacent to an activating group) is 1. The number of ether oxygens (including phenoxy) is 6. The van der Waals surface area contributed by atoms with Crippen molar-refractivity contribution in [3.05, 3.63) is 111 Å². The molecule has 0 spiro atoms. The van der Waals surface area contributed by atoms with Gasteiger partial charge in [0.15, 0.2) is 5.69 Å². The molecule has 4 amide bonds. The molecule has 6 atom stereocenters. The molecule has 5 heterocycles. The maximum atomic E-state index is 14.5. The van der Waals surface area contributed by atoms with Gasteiger partial charge in [-0.3, -0.25) is 33.8 Å². The highest BCUT2D eigenvalue weighted by atomic mass is 32.1. The Morgan fingerprint density at radius 1 is 0.826 bits per heavy atom. The molecule has 464 valence electrons. The summed E-state index contributed by atoms with van der Waals surface area (Å²) in [5, 5.41) is 23.0. The van der Waals surface area contributed by atoms with E-state index >= 15 is 0 Å². The van der Waals surface area contributed by atoms with Crippen LogP contribution in [0.1, 0.15) is 126 Å². The Morgan fingerprint density at radius 2 is 1.51 bits per heavy atom. The van der Waals surface area contributed by atoms with Crippen LogP contribution in [0.2, 0.25) is 0 Å². The monoisotopic (exact) mass is 1210 g/mol. The van der Waals surface area contributed by atoms with E-state index in [1.807, 2.05) is 40.1 Å². The summed E-state index contributed by atoms with van der Waals surface area (Å²) in [6.45, 7) is 8.90. The summed E-state index contributed by atoms with van der Waals surface area (Å²) in [6, 6.07) is 15.4. The van der Waals surface area contributed by atoms with Gasteiger partial charge in [0, 0.05) is 71.7 Å². The summed E-state index contributed by atoms with van der Waals surface area (Å²) in [5.74, 6) is -3.85. The summed E-state index contributed by atoms with van der Waals surface area (Å²) >= 11 is 1.38. The van der Waals surface area contributed by atoms with Crippen molar-refractivity contribution in [1.29, 1.82) is 0 Å². The first-order valence-corrected chi connectivity index (χ1v) is 31.1. The van der Waals surface area contributed by atoms with Crippen LogP contribution in [0.4, 0.5) is 14.5 Å². The van der Waals surface area contributed by atoms with E-state index in [4.69, 9.17) is 33.4 Å². The van der Waals surface area contributed by atoms with Crippen LogP contribution in [0, 0.1) is 23.2 Å². The van der Waals surface area contributed by atoms with E-state index in [9.17, 15) is 32.8 Å². The molecule has 0 bridgehead atoms. The van der Waals surface area contributed by atoms with Gasteiger partial charge in [-0.15, -0.1) is 11.3 Å². The van der Waals surface area contributed by atoms with Gasteiger partial charge in [0.25, 0.3) is 11.8 Å². The quantitative estimate of drug-likeness (QED) is 0.0254. The molecule has 2 aliphatic heterocycles. The minimum absolute atomic E-state index is 0.00510. The number of halogens is 2. The average Bonchev–Trinajstić information content (AvgIpc) is 1.52. The van der Waals surface area contributed by atoms with Crippen LogP contribution in [0.3, 0.4) is 0 Å². The maximum Gasteiger partial charge on any atom is 0.276 e. The Kier molecular flexibility index (Phi) is 21.1. The third-order valence-corrected chi connectivity index (χ3v) is 18.6. The van der Waals surface area contributed by atoms with Crippen molar-refractivity contribution in [2.24, 2.45) is 23.2 Å². The minimum atomic E-state index is -2.76. The van der Waals surface area contributed by atoms with E-state index in [0.717, 1.165) is 55.5 Å². The molecule has 2 saturated heterocycles. The van der Waals surface area contributed by atoms with Gasteiger partial charge in [-0.25, -0.2) is 13.8 Å². The summed E-state index contributed by atoms with van der Waals surface area (Å²) in [7, 11) is 1.73. The number of ketones is 1. The number of carbonyl (C=O) groups excluding carboxylic acids is 5. The van der Waals surface area contributed by atoms with Crippen LogP contribution in [0.15, 0.2) is 72.4 Å². The highest BCUT2D eigenvalue weighted by molar-refractivity contribution is 7.10. The molecule has 0 radical (unpaired) electrons. The fourth-order valence-corrected chi connectivity index (χ4v) is 13.4. The van der Waals surface area contributed by atoms with Gasteiger partial charge in [-0.1, -0.05) is 68.7 Å². The number of hydrogen-bond acceptors (Lipinski definition) is 16. The zero-order valence-corrected chi connectivity index (χ0v) is 50.1. The number of fused-ring (bicyclic) bond motifs is 2. The number of H-pyrrole nitrogens is 1. The molecule has 3 aromatic heterocycles. The molecule has 3 aliphatic carbocycles.